The van der Waals surface area contributed by atoms with Crippen molar-refractivity contribution in [2.45, 2.75) is 39.0 Å². The van der Waals surface area contributed by atoms with E-state index >= 15 is 4.39 Å². The SMILES string of the molecule is CCCCCCc1ccc(C#Cc2cc3cc4sc5cc6cc(F)c(F)cc6cc5c4cc3cc2F)s1. The molecule has 2 heterocycles. The third kappa shape index (κ3) is 4.72. The third-order valence-corrected chi connectivity index (χ3v) is 8.95. The number of rotatable bonds is 5. The minimum absolute atomic E-state index is 0.349. The molecule has 4 aromatic carbocycles. The summed E-state index contributed by atoms with van der Waals surface area (Å²) in [5.41, 5.74) is 0.377. The van der Waals surface area contributed by atoms with E-state index in [2.05, 4.69) is 24.8 Å². The topological polar surface area (TPSA) is 0 Å². The molecule has 0 saturated carbocycles. The molecule has 37 heavy (non-hydrogen) atoms. The zero-order valence-electron chi connectivity index (χ0n) is 20.3. The van der Waals surface area contributed by atoms with Crippen molar-refractivity contribution in [3.8, 4) is 11.8 Å². The second-order valence-electron chi connectivity index (χ2n) is 9.42. The van der Waals surface area contributed by atoms with Gasteiger partial charge in [-0.15, -0.1) is 22.7 Å². The maximum Gasteiger partial charge on any atom is 0.159 e. The van der Waals surface area contributed by atoms with Crippen molar-refractivity contribution in [3.05, 3.63) is 93.4 Å². The molecule has 0 fully saturated rings. The van der Waals surface area contributed by atoms with E-state index in [9.17, 15) is 8.78 Å². The summed E-state index contributed by atoms with van der Waals surface area (Å²) < 4.78 is 44.6. The van der Waals surface area contributed by atoms with Crippen LogP contribution in [0.2, 0.25) is 0 Å². The van der Waals surface area contributed by atoms with Crippen LogP contribution in [-0.2, 0) is 6.42 Å². The summed E-state index contributed by atoms with van der Waals surface area (Å²) in [5.74, 6) is 4.12. The van der Waals surface area contributed by atoms with Crippen molar-refractivity contribution in [2.75, 3.05) is 0 Å². The van der Waals surface area contributed by atoms with Crippen molar-refractivity contribution in [2.24, 2.45) is 0 Å². The molecule has 184 valence electrons. The number of unbranched alkanes of at least 4 members (excludes halogenated alkanes) is 3. The number of thiophene rings is 2. The molecule has 0 radical (unpaired) electrons. The molecule has 0 aliphatic rings. The number of halogens is 3. The summed E-state index contributed by atoms with van der Waals surface area (Å²) in [6.45, 7) is 2.21. The van der Waals surface area contributed by atoms with Gasteiger partial charge in [0.15, 0.2) is 11.6 Å². The lowest BCUT2D eigenvalue weighted by atomic mass is 10.0. The van der Waals surface area contributed by atoms with Crippen molar-refractivity contribution < 1.29 is 13.2 Å². The fourth-order valence-electron chi connectivity index (χ4n) is 4.81. The van der Waals surface area contributed by atoms with Gasteiger partial charge in [-0.05, 0) is 95.1 Å². The Morgan fingerprint density at radius 1 is 0.622 bits per heavy atom. The van der Waals surface area contributed by atoms with Crippen LogP contribution in [0.15, 0.2) is 60.7 Å². The molecule has 0 aliphatic heterocycles. The minimum Gasteiger partial charge on any atom is -0.206 e. The predicted molar refractivity (Wildman–Crippen MR) is 152 cm³/mol. The molecule has 0 nitrogen and oxygen atoms in total. The summed E-state index contributed by atoms with van der Waals surface area (Å²) in [4.78, 5) is 2.27. The first-order valence-corrected chi connectivity index (χ1v) is 14.1. The summed E-state index contributed by atoms with van der Waals surface area (Å²) in [7, 11) is 0. The lowest BCUT2D eigenvalue weighted by Gasteiger charge is -2.03. The van der Waals surface area contributed by atoms with Crippen LogP contribution in [0, 0.1) is 29.3 Å². The van der Waals surface area contributed by atoms with Crippen molar-refractivity contribution in [1.29, 1.82) is 0 Å². The number of aryl methyl sites for hydroxylation is 1. The van der Waals surface area contributed by atoms with Gasteiger partial charge in [-0.2, -0.15) is 0 Å². The Kier molecular flexibility index (Phi) is 6.40. The Labute approximate surface area is 221 Å². The molecule has 5 heteroatoms. The van der Waals surface area contributed by atoms with Gasteiger partial charge in [0.1, 0.15) is 5.82 Å². The van der Waals surface area contributed by atoms with E-state index in [4.69, 9.17) is 0 Å². The second kappa shape index (κ2) is 9.85. The first-order chi connectivity index (χ1) is 18.0. The molecular weight excluding hydrogens is 505 g/mol. The lowest BCUT2D eigenvalue weighted by molar-refractivity contribution is 0.511. The quantitative estimate of drug-likeness (QED) is 0.154. The largest absolute Gasteiger partial charge is 0.206 e. The molecule has 0 bridgehead atoms. The van der Waals surface area contributed by atoms with Crippen LogP contribution in [0.5, 0.6) is 0 Å². The summed E-state index contributed by atoms with van der Waals surface area (Å²) in [6.07, 6.45) is 6.01. The van der Waals surface area contributed by atoms with Gasteiger partial charge in [0, 0.05) is 25.0 Å². The molecule has 6 aromatic rings. The van der Waals surface area contributed by atoms with Crippen LogP contribution in [-0.4, -0.2) is 0 Å². The van der Waals surface area contributed by atoms with Gasteiger partial charge in [-0.3, -0.25) is 0 Å². The van der Waals surface area contributed by atoms with Gasteiger partial charge in [0.05, 0.1) is 10.4 Å². The Hall–Kier alpha value is -3.33. The van der Waals surface area contributed by atoms with Gasteiger partial charge in [-0.1, -0.05) is 38.0 Å². The van der Waals surface area contributed by atoms with E-state index in [1.165, 1.54) is 48.8 Å². The molecule has 6 rings (SSSR count). The minimum atomic E-state index is -0.863. The molecule has 0 aliphatic carbocycles. The van der Waals surface area contributed by atoms with Crippen LogP contribution in [0.25, 0.3) is 41.7 Å². The van der Waals surface area contributed by atoms with Crippen LogP contribution in [0.4, 0.5) is 13.2 Å². The van der Waals surface area contributed by atoms with E-state index in [-0.39, 0.29) is 5.82 Å². The summed E-state index contributed by atoms with van der Waals surface area (Å²) in [5, 5.41) is 4.92. The third-order valence-electron chi connectivity index (χ3n) is 6.77. The average Bonchev–Trinajstić information content (AvgIpc) is 3.47. The zero-order valence-corrected chi connectivity index (χ0v) is 21.9. The fourth-order valence-corrected chi connectivity index (χ4v) is 6.88. The Balaban J connectivity index is 1.35. The highest BCUT2D eigenvalue weighted by atomic mass is 32.1. The molecule has 0 spiro atoms. The maximum atomic E-state index is 15.0. The van der Waals surface area contributed by atoms with Crippen LogP contribution < -0.4 is 0 Å². The number of benzene rings is 4. The monoisotopic (exact) mass is 528 g/mol. The van der Waals surface area contributed by atoms with Crippen molar-refractivity contribution in [3.63, 3.8) is 0 Å². The first kappa shape index (κ1) is 24.0. The van der Waals surface area contributed by atoms with Crippen molar-refractivity contribution in [1.82, 2.24) is 0 Å². The zero-order chi connectivity index (χ0) is 25.5. The highest BCUT2D eigenvalue weighted by molar-refractivity contribution is 7.26. The van der Waals surface area contributed by atoms with Crippen LogP contribution >= 0.6 is 22.7 Å². The van der Waals surface area contributed by atoms with Gasteiger partial charge in [0.25, 0.3) is 0 Å². The van der Waals surface area contributed by atoms with Gasteiger partial charge >= 0.3 is 0 Å². The van der Waals surface area contributed by atoms with E-state index in [0.717, 1.165) is 42.2 Å². The standard InChI is InChI=1S/C32H23F3S2/c1-2-3-4-5-6-24-9-10-25(36-24)8-7-19-11-20-17-31-26(12-21(20)14-28(19)33)27-13-22-15-29(34)30(35)16-23(22)18-32(27)37-31/h9-18H,2-6H2,1H3. The molecular formula is C32H23F3S2. The van der Waals surface area contributed by atoms with Crippen LogP contribution in [0.3, 0.4) is 0 Å². The molecule has 0 N–H and O–H groups in total. The predicted octanol–water partition coefficient (Wildman–Crippen LogP) is 10.4. The maximum absolute atomic E-state index is 15.0. The van der Waals surface area contributed by atoms with E-state index in [0.29, 0.717) is 16.3 Å². The average molecular weight is 529 g/mol. The van der Waals surface area contributed by atoms with Gasteiger partial charge < -0.3 is 0 Å². The first-order valence-electron chi connectivity index (χ1n) is 12.5. The number of hydrogen-bond acceptors (Lipinski definition) is 2. The van der Waals surface area contributed by atoms with Gasteiger partial charge in [0.2, 0.25) is 0 Å². The van der Waals surface area contributed by atoms with E-state index < -0.39 is 11.6 Å². The molecule has 0 saturated heterocycles. The van der Waals surface area contributed by atoms with Crippen molar-refractivity contribution >= 4 is 64.4 Å². The Bertz CT molecular complexity index is 1860. The highest BCUT2D eigenvalue weighted by Crippen LogP contribution is 2.39. The van der Waals surface area contributed by atoms with Gasteiger partial charge in [-0.25, -0.2) is 13.2 Å². The lowest BCUT2D eigenvalue weighted by Crippen LogP contribution is -1.85. The van der Waals surface area contributed by atoms with E-state index in [1.807, 2.05) is 36.4 Å². The number of hydrogen-bond donors (Lipinski definition) is 0. The molecule has 2 aromatic heterocycles. The Morgan fingerprint density at radius 2 is 1.24 bits per heavy atom. The Morgan fingerprint density at radius 3 is 1.92 bits per heavy atom. The van der Waals surface area contributed by atoms with Crippen LogP contribution in [0.1, 0.15) is 47.9 Å². The molecule has 0 unspecified atom stereocenters. The van der Waals surface area contributed by atoms with E-state index in [1.54, 1.807) is 22.7 Å². The highest BCUT2D eigenvalue weighted by Gasteiger charge is 2.12. The second-order valence-corrected chi connectivity index (χ2v) is 11.7. The smallest absolute Gasteiger partial charge is 0.159 e. The fraction of sp³-hybridized carbons (Fsp3) is 0.188. The molecule has 0 amide bonds. The normalized spacial score (nSPS) is 11.6. The molecule has 0 atom stereocenters. The summed E-state index contributed by atoms with van der Waals surface area (Å²) in [6, 6.07) is 17.7. The number of fused-ring (bicyclic) bond motifs is 5. The summed E-state index contributed by atoms with van der Waals surface area (Å²) >= 11 is 3.27.